The fourth-order valence-electron chi connectivity index (χ4n) is 7.73. The monoisotopic (exact) mass is 423 g/mol. The van der Waals surface area contributed by atoms with Gasteiger partial charge >= 0.3 is 6.03 Å². The van der Waals surface area contributed by atoms with Crippen LogP contribution in [-0.2, 0) is 5.41 Å². The Morgan fingerprint density at radius 3 is 2.39 bits per heavy atom. The molecule has 3 aliphatic carbocycles. The molecule has 2 amide bonds. The average Bonchev–Trinajstić information content (AvgIpc) is 3.43. The fourth-order valence-corrected chi connectivity index (χ4v) is 7.73. The van der Waals surface area contributed by atoms with E-state index in [2.05, 4.69) is 62.2 Å². The van der Waals surface area contributed by atoms with Crippen LogP contribution in [-0.4, -0.2) is 47.0 Å². The van der Waals surface area contributed by atoms with Gasteiger partial charge in [0.05, 0.1) is 6.04 Å². The van der Waals surface area contributed by atoms with Crippen LogP contribution in [0.15, 0.2) is 24.3 Å². The molecule has 3 fully saturated rings. The van der Waals surface area contributed by atoms with Crippen LogP contribution in [0.25, 0.3) is 0 Å². The number of amides is 2. The number of piperidine rings is 1. The van der Waals surface area contributed by atoms with E-state index in [1.54, 1.807) is 0 Å². The third kappa shape index (κ3) is 3.69. The van der Waals surface area contributed by atoms with Crippen LogP contribution in [0.3, 0.4) is 0 Å². The molecule has 4 atom stereocenters. The maximum Gasteiger partial charge on any atom is 0.318 e. The van der Waals surface area contributed by atoms with Crippen LogP contribution in [0.1, 0.15) is 89.8 Å². The minimum atomic E-state index is 0.0845. The summed E-state index contributed by atoms with van der Waals surface area (Å²) in [7, 11) is 0. The predicted molar refractivity (Wildman–Crippen MR) is 126 cm³/mol. The maximum absolute atomic E-state index is 13.2. The van der Waals surface area contributed by atoms with Crippen molar-refractivity contribution in [3.05, 3.63) is 35.4 Å². The molecule has 1 unspecified atom stereocenters. The third-order valence-corrected chi connectivity index (χ3v) is 9.07. The summed E-state index contributed by atoms with van der Waals surface area (Å²) >= 11 is 0. The van der Waals surface area contributed by atoms with Crippen LogP contribution >= 0.6 is 0 Å². The Morgan fingerprint density at radius 1 is 1.06 bits per heavy atom. The summed E-state index contributed by atoms with van der Waals surface area (Å²) < 4.78 is 0. The lowest BCUT2D eigenvalue weighted by atomic mass is 9.73. The van der Waals surface area contributed by atoms with Gasteiger partial charge in [0.1, 0.15) is 0 Å². The molecule has 1 spiro atoms. The van der Waals surface area contributed by atoms with Crippen molar-refractivity contribution in [2.24, 2.45) is 11.8 Å². The van der Waals surface area contributed by atoms with Crippen LogP contribution in [0.2, 0.25) is 0 Å². The lowest BCUT2D eigenvalue weighted by Gasteiger charge is -2.44. The normalized spacial score (nSPS) is 31.5. The summed E-state index contributed by atoms with van der Waals surface area (Å²) in [5.41, 5.74) is 3.11. The number of urea groups is 1. The number of rotatable bonds is 4. The molecule has 1 heterocycles. The molecule has 170 valence electrons. The lowest BCUT2D eigenvalue weighted by molar-refractivity contribution is 0.0809. The van der Waals surface area contributed by atoms with Gasteiger partial charge in [0.15, 0.2) is 0 Å². The zero-order valence-corrected chi connectivity index (χ0v) is 19.9. The number of carbonyl (C=O) groups is 1. The number of likely N-dealkylation sites (tertiary alicyclic amines) is 1. The predicted octanol–water partition coefficient (Wildman–Crippen LogP) is 5.48. The first kappa shape index (κ1) is 21.3. The second-order valence-corrected chi connectivity index (χ2v) is 11.4. The average molecular weight is 424 g/mol. The molecule has 2 bridgehead atoms. The van der Waals surface area contributed by atoms with E-state index in [4.69, 9.17) is 0 Å². The first-order valence-electron chi connectivity index (χ1n) is 12.8. The summed E-state index contributed by atoms with van der Waals surface area (Å²) in [6.07, 6.45) is 9.43. The first-order chi connectivity index (χ1) is 14.9. The van der Waals surface area contributed by atoms with E-state index in [0.29, 0.717) is 0 Å². The van der Waals surface area contributed by atoms with E-state index in [0.717, 1.165) is 24.3 Å². The van der Waals surface area contributed by atoms with Crippen molar-refractivity contribution < 1.29 is 4.79 Å². The van der Waals surface area contributed by atoms with Gasteiger partial charge in [-0.1, -0.05) is 30.7 Å². The SMILES string of the molecule is CC(C)N(C(=O)N[C@H]1CC2(CCN(C3C[C@H]4CC[C@@H]3C4)CC2)c2ccccc21)C(C)C. The highest BCUT2D eigenvalue weighted by Crippen LogP contribution is 2.53. The molecule has 5 rings (SSSR count). The number of nitrogens with one attached hydrogen (secondary N) is 1. The largest absolute Gasteiger partial charge is 0.331 e. The van der Waals surface area contributed by atoms with Crippen LogP contribution in [0.4, 0.5) is 4.79 Å². The molecule has 1 N–H and O–H groups in total. The molecule has 1 aromatic carbocycles. The van der Waals surface area contributed by atoms with E-state index in [1.165, 1.54) is 62.7 Å². The number of hydrogen-bond acceptors (Lipinski definition) is 2. The van der Waals surface area contributed by atoms with E-state index < -0.39 is 0 Å². The quantitative estimate of drug-likeness (QED) is 0.696. The summed E-state index contributed by atoms with van der Waals surface area (Å²) in [6.45, 7) is 10.9. The lowest BCUT2D eigenvalue weighted by Crippen LogP contribution is -2.49. The topological polar surface area (TPSA) is 35.6 Å². The molecule has 31 heavy (non-hydrogen) atoms. The summed E-state index contributed by atoms with van der Waals surface area (Å²) in [6, 6.07) is 10.4. The number of nitrogens with zero attached hydrogens (tertiary/aromatic N) is 2. The molecule has 0 aromatic heterocycles. The van der Waals surface area contributed by atoms with Crippen molar-refractivity contribution in [2.75, 3.05) is 13.1 Å². The summed E-state index contributed by atoms with van der Waals surface area (Å²) in [5.74, 6) is 1.99. The molecule has 1 aliphatic heterocycles. The van der Waals surface area contributed by atoms with Crippen molar-refractivity contribution in [3.63, 3.8) is 0 Å². The number of benzene rings is 1. The Labute approximate surface area is 188 Å². The molecule has 4 nitrogen and oxygen atoms in total. The summed E-state index contributed by atoms with van der Waals surface area (Å²) in [4.78, 5) is 18.0. The Kier molecular flexibility index (Phi) is 5.57. The van der Waals surface area contributed by atoms with Crippen LogP contribution in [0, 0.1) is 11.8 Å². The van der Waals surface area contributed by atoms with Crippen LogP contribution in [0.5, 0.6) is 0 Å². The number of fused-ring (bicyclic) bond motifs is 4. The van der Waals surface area contributed by atoms with Gasteiger partial charge in [0.2, 0.25) is 0 Å². The van der Waals surface area contributed by atoms with Gasteiger partial charge in [-0.15, -0.1) is 0 Å². The van der Waals surface area contributed by atoms with Crippen LogP contribution < -0.4 is 5.32 Å². The van der Waals surface area contributed by atoms with Gasteiger partial charge in [-0.2, -0.15) is 0 Å². The minimum Gasteiger partial charge on any atom is -0.331 e. The fraction of sp³-hybridized carbons (Fsp3) is 0.741. The molecule has 2 saturated carbocycles. The van der Waals surface area contributed by atoms with Gasteiger partial charge in [0.25, 0.3) is 0 Å². The van der Waals surface area contributed by atoms with E-state index in [-0.39, 0.29) is 29.6 Å². The first-order valence-corrected chi connectivity index (χ1v) is 12.8. The molecule has 1 aromatic rings. The summed E-state index contributed by atoms with van der Waals surface area (Å²) in [5, 5.41) is 3.43. The Hall–Kier alpha value is -1.55. The standard InChI is InChI=1S/C27H41N3O/c1-18(2)30(19(3)4)26(31)28-24-17-27(23-8-6-5-7-22(23)24)11-13-29(14-12-27)25-16-20-9-10-21(25)15-20/h5-8,18-21,24-25H,9-17H2,1-4H3,(H,28,31)/t20-,21+,24-,25?/m0/s1. The Balaban J connectivity index is 1.31. The maximum atomic E-state index is 13.2. The van der Waals surface area contributed by atoms with Crippen molar-refractivity contribution in [1.82, 2.24) is 15.1 Å². The third-order valence-electron chi connectivity index (χ3n) is 9.07. The smallest absolute Gasteiger partial charge is 0.318 e. The molecular weight excluding hydrogens is 382 g/mol. The molecule has 4 aliphatic rings. The minimum absolute atomic E-state index is 0.0845. The zero-order chi connectivity index (χ0) is 21.8. The second-order valence-electron chi connectivity index (χ2n) is 11.4. The van der Waals surface area contributed by atoms with Gasteiger partial charge < -0.3 is 15.1 Å². The highest BCUT2D eigenvalue weighted by atomic mass is 16.2. The molecular formula is C27H41N3O. The molecule has 4 heteroatoms. The molecule has 0 radical (unpaired) electrons. The van der Waals surface area contributed by atoms with E-state index >= 15 is 0 Å². The van der Waals surface area contributed by atoms with Crippen molar-refractivity contribution in [1.29, 1.82) is 0 Å². The Morgan fingerprint density at radius 2 is 1.77 bits per heavy atom. The van der Waals surface area contributed by atoms with Crippen molar-refractivity contribution in [3.8, 4) is 0 Å². The highest BCUT2D eigenvalue weighted by Gasteiger charge is 2.49. The second kappa shape index (κ2) is 8.10. The van der Waals surface area contributed by atoms with Crippen molar-refractivity contribution in [2.45, 2.75) is 102 Å². The number of carbonyl (C=O) groups excluding carboxylic acids is 1. The van der Waals surface area contributed by atoms with Gasteiger partial charge in [0, 0.05) is 23.5 Å². The van der Waals surface area contributed by atoms with Gasteiger partial charge in [-0.05, 0) is 102 Å². The van der Waals surface area contributed by atoms with Crippen molar-refractivity contribution >= 4 is 6.03 Å². The van der Waals surface area contributed by atoms with E-state index in [1.807, 2.05) is 4.90 Å². The zero-order valence-electron chi connectivity index (χ0n) is 19.9. The highest BCUT2D eigenvalue weighted by molar-refractivity contribution is 5.75. The molecule has 1 saturated heterocycles. The van der Waals surface area contributed by atoms with Gasteiger partial charge in [-0.3, -0.25) is 0 Å². The Bertz CT molecular complexity index is 802. The van der Waals surface area contributed by atoms with Gasteiger partial charge in [-0.25, -0.2) is 4.79 Å². The van der Waals surface area contributed by atoms with E-state index in [9.17, 15) is 4.79 Å². The number of hydrogen-bond donors (Lipinski definition) is 1.